The Hall–Kier alpha value is -2.96. The van der Waals surface area contributed by atoms with Gasteiger partial charge in [-0.15, -0.1) is 0 Å². The molecule has 13 heteroatoms. The highest BCUT2D eigenvalue weighted by Crippen LogP contribution is 2.51. The van der Waals surface area contributed by atoms with Crippen LogP contribution in [0, 0.1) is 12.7 Å². The molecular formula is C16H11F8N3O2. The van der Waals surface area contributed by atoms with Crippen LogP contribution in [0.5, 0.6) is 0 Å². The minimum atomic E-state index is -6.59. The summed E-state index contributed by atoms with van der Waals surface area (Å²) in [4.78, 5) is 15.2. The summed E-state index contributed by atoms with van der Waals surface area (Å²) < 4.78 is 104. The van der Waals surface area contributed by atoms with Gasteiger partial charge in [-0.3, -0.25) is 15.5 Å². The molecule has 1 aromatic heterocycles. The summed E-state index contributed by atoms with van der Waals surface area (Å²) in [5.41, 5.74) is 0.0736. The Labute approximate surface area is 157 Å². The second kappa shape index (κ2) is 7.46. The highest BCUT2D eigenvalue weighted by Gasteiger charge is 2.73. The van der Waals surface area contributed by atoms with E-state index >= 15 is 0 Å². The zero-order chi connectivity index (χ0) is 22.2. The van der Waals surface area contributed by atoms with Crippen LogP contribution in [-0.4, -0.2) is 28.2 Å². The average molecular weight is 429 g/mol. The van der Waals surface area contributed by atoms with Gasteiger partial charge in [-0.2, -0.15) is 30.7 Å². The molecule has 0 aliphatic carbocycles. The third kappa shape index (κ3) is 4.09. The molecule has 0 radical (unpaired) electrons. The van der Waals surface area contributed by atoms with Crippen molar-refractivity contribution >= 4 is 17.4 Å². The molecule has 0 saturated carbocycles. The third-order valence-electron chi connectivity index (χ3n) is 3.80. The van der Waals surface area contributed by atoms with E-state index < -0.39 is 41.1 Å². The molecule has 0 aliphatic heterocycles. The first-order chi connectivity index (χ1) is 13.2. The number of nitrogens with zero attached hydrogens (tertiary/aromatic N) is 1. The monoisotopic (exact) mass is 429 g/mol. The number of nitrogens with one attached hydrogen (secondary N) is 2. The van der Waals surface area contributed by atoms with Crippen molar-refractivity contribution in [2.75, 3.05) is 10.8 Å². The molecule has 2 aromatic rings. The lowest BCUT2D eigenvalue weighted by atomic mass is 10.0. The molecule has 0 spiro atoms. The minimum Gasteiger partial charge on any atom is -0.304 e. The average Bonchev–Trinajstić information content (AvgIpc) is 2.62. The number of hydrogen-bond acceptors (Lipinski definition) is 4. The highest BCUT2D eigenvalue weighted by atomic mass is 19.4. The zero-order valence-electron chi connectivity index (χ0n) is 14.2. The number of aryl methyl sites for hydroxylation is 1. The van der Waals surface area contributed by atoms with E-state index in [0.29, 0.717) is 5.56 Å². The summed E-state index contributed by atoms with van der Waals surface area (Å²) in [5.74, 6) is -16.0. The van der Waals surface area contributed by atoms with Crippen LogP contribution in [0.3, 0.4) is 0 Å². The number of pyridine rings is 1. The van der Waals surface area contributed by atoms with E-state index in [4.69, 9.17) is 5.21 Å². The Bertz CT molecular complexity index is 931. The number of amides is 1. The van der Waals surface area contributed by atoms with Crippen molar-refractivity contribution in [3.63, 3.8) is 0 Å². The van der Waals surface area contributed by atoms with Crippen LogP contribution >= 0.6 is 0 Å². The first-order valence-corrected chi connectivity index (χ1v) is 7.53. The summed E-state index contributed by atoms with van der Waals surface area (Å²) in [6, 6.07) is 3.67. The van der Waals surface area contributed by atoms with Gasteiger partial charge in [0, 0.05) is 17.3 Å². The Morgan fingerprint density at radius 3 is 2.21 bits per heavy atom. The van der Waals surface area contributed by atoms with Crippen molar-refractivity contribution in [3.05, 3.63) is 53.0 Å². The Balaban J connectivity index is 2.34. The van der Waals surface area contributed by atoms with Crippen molar-refractivity contribution < 1.29 is 45.1 Å². The first-order valence-electron chi connectivity index (χ1n) is 7.53. The molecule has 5 nitrogen and oxygen atoms in total. The van der Waals surface area contributed by atoms with Gasteiger partial charge in [-0.25, -0.2) is 9.37 Å². The topological polar surface area (TPSA) is 74.2 Å². The lowest BCUT2D eigenvalue weighted by Gasteiger charge is -2.28. The van der Waals surface area contributed by atoms with Crippen LogP contribution in [0.15, 0.2) is 30.5 Å². The minimum absolute atomic E-state index is 0.0820. The number of carbonyl (C=O) groups excluding carboxylic acids is 1. The van der Waals surface area contributed by atoms with E-state index in [1.54, 1.807) is 5.48 Å². The van der Waals surface area contributed by atoms with Crippen molar-refractivity contribution in [2.24, 2.45) is 0 Å². The SMILES string of the molecule is Cc1ccc(NO)cc1C(=O)Nc1ncc(C(F)(F)C(F)(F)C(F)(F)F)cc1F. The van der Waals surface area contributed by atoms with E-state index in [1.165, 1.54) is 19.1 Å². The van der Waals surface area contributed by atoms with Crippen molar-refractivity contribution in [2.45, 2.75) is 24.9 Å². The Morgan fingerprint density at radius 1 is 1.07 bits per heavy atom. The smallest absolute Gasteiger partial charge is 0.304 e. The summed E-state index contributed by atoms with van der Waals surface area (Å²) in [5, 5.41) is 10.7. The molecule has 1 aromatic carbocycles. The normalized spacial score (nSPS) is 12.6. The molecule has 0 bridgehead atoms. The molecule has 1 amide bonds. The van der Waals surface area contributed by atoms with Crippen LogP contribution in [0.2, 0.25) is 0 Å². The van der Waals surface area contributed by atoms with Gasteiger partial charge < -0.3 is 5.32 Å². The van der Waals surface area contributed by atoms with Gasteiger partial charge in [0.1, 0.15) is 0 Å². The molecule has 2 rings (SSSR count). The standard InChI is InChI=1S/C16H11F8N3O2/c1-7-2-3-9(27-29)5-10(7)13(28)26-12-11(17)4-8(6-25-12)14(18,19)15(20,21)16(22,23)24/h2-6,27,29H,1H3,(H,25,26,28). The summed E-state index contributed by atoms with van der Waals surface area (Å²) in [7, 11) is 0. The van der Waals surface area contributed by atoms with Crippen molar-refractivity contribution in [3.8, 4) is 0 Å². The summed E-state index contributed by atoms with van der Waals surface area (Å²) >= 11 is 0. The third-order valence-corrected chi connectivity index (χ3v) is 3.80. The van der Waals surface area contributed by atoms with E-state index in [0.717, 1.165) is 6.07 Å². The van der Waals surface area contributed by atoms with Gasteiger partial charge in [0.25, 0.3) is 5.91 Å². The molecule has 0 unspecified atom stereocenters. The van der Waals surface area contributed by atoms with Crippen LogP contribution in [0.25, 0.3) is 0 Å². The maximum Gasteiger partial charge on any atom is 0.460 e. The van der Waals surface area contributed by atoms with Crippen LogP contribution in [0.1, 0.15) is 21.5 Å². The second-order valence-electron chi connectivity index (χ2n) is 5.80. The number of hydrogen-bond donors (Lipinski definition) is 3. The number of halogens is 8. The van der Waals surface area contributed by atoms with E-state index in [2.05, 4.69) is 4.98 Å². The van der Waals surface area contributed by atoms with Crippen molar-refractivity contribution in [1.82, 2.24) is 4.98 Å². The lowest BCUT2D eigenvalue weighted by molar-refractivity contribution is -0.359. The van der Waals surface area contributed by atoms with Gasteiger partial charge >= 0.3 is 18.0 Å². The number of aromatic nitrogens is 1. The largest absolute Gasteiger partial charge is 0.460 e. The molecular weight excluding hydrogens is 418 g/mol. The van der Waals surface area contributed by atoms with Gasteiger partial charge in [0.05, 0.1) is 5.69 Å². The molecule has 29 heavy (non-hydrogen) atoms. The lowest BCUT2D eigenvalue weighted by Crippen LogP contribution is -2.50. The van der Waals surface area contributed by atoms with Crippen molar-refractivity contribution in [1.29, 1.82) is 0 Å². The number of carbonyl (C=O) groups is 1. The fourth-order valence-corrected chi connectivity index (χ4v) is 2.17. The number of rotatable bonds is 5. The summed E-state index contributed by atoms with van der Waals surface area (Å²) in [6.07, 6.45) is -6.69. The van der Waals surface area contributed by atoms with Gasteiger partial charge in [0.15, 0.2) is 11.6 Å². The number of anilines is 2. The fraction of sp³-hybridized carbons (Fsp3) is 0.250. The fourth-order valence-electron chi connectivity index (χ4n) is 2.17. The van der Waals surface area contributed by atoms with Gasteiger partial charge in [0.2, 0.25) is 0 Å². The molecule has 158 valence electrons. The quantitative estimate of drug-likeness (QED) is 0.468. The van der Waals surface area contributed by atoms with Gasteiger partial charge in [-0.1, -0.05) is 6.07 Å². The molecule has 0 fully saturated rings. The van der Waals surface area contributed by atoms with Gasteiger partial charge in [-0.05, 0) is 30.7 Å². The summed E-state index contributed by atoms with van der Waals surface area (Å²) in [6.45, 7) is 1.47. The highest BCUT2D eigenvalue weighted by molar-refractivity contribution is 6.05. The zero-order valence-corrected chi connectivity index (χ0v) is 14.2. The molecule has 0 saturated heterocycles. The molecule has 1 heterocycles. The maximum atomic E-state index is 14.0. The van der Waals surface area contributed by atoms with E-state index in [1.807, 2.05) is 5.32 Å². The number of benzene rings is 1. The van der Waals surface area contributed by atoms with E-state index in [-0.39, 0.29) is 23.5 Å². The molecule has 0 aliphatic rings. The predicted octanol–water partition coefficient (Wildman–Crippen LogP) is 4.87. The number of alkyl halides is 7. The van der Waals surface area contributed by atoms with Crippen LogP contribution in [-0.2, 0) is 5.92 Å². The second-order valence-corrected chi connectivity index (χ2v) is 5.80. The van der Waals surface area contributed by atoms with E-state index in [9.17, 15) is 39.9 Å². The maximum absolute atomic E-state index is 14.0. The van der Waals surface area contributed by atoms with Crippen LogP contribution < -0.4 is 10.8 Å². The molecule has 0 atom stereocenters. The molecule has 3 N–H and O–H groups in total. The Morgan fingerprint density at radius 2 is 1.69 bits per heavy atom. The first kappa shape index (κ1) is 22.3. The predicted molar refractivity (Wildman–Crippen MR) is 83.6 cm³/mol. The Kier molecular flexibility index (Phi) is 5.75. The van der Waals surface area contributed by atoms with Crippen LogP contribution in [0.4, 0.5) is 46.6 Å².